The minimum Gasteiger partial charge on any atom is -0.395 e. The molecule has 1 fully saturated rings. The summed E-state index contributed by atoms with van der Waals surface area (Å²) in [6.07, 6.45) is 7.73. The molecule has 22 heavy (non-hydrogen) atoms. The average molecular weight is 294 g/mol. The Bertz CT molecular complexity index is 515. The molecule has 0 aliphatic heterocycles. The Kier molecular flexibility index (Phi) is 4.94. The summed E-state index contributed by atoms with van der Waals surface area (Å²) < 4.78 is 0. The first-order valence-electron chi connectivity index (χ1n) is 8.57. The van der Waals surface area contributed by atoms with Crippen LogP contribution in [0.4, 0.5) is 0 Å². The summed E-state index contributed by atoms with van der Waals surface area (Å²) in [4.78, 5) is 0. The highest BCUT2D eigenvalue weighted by molar-refractivity contribution is 5.39. The first-order valence-corrected chi connectivity index (χ1v) is 8.57. The molecule has 0 unspecified atom stereocenters. The third-order valence-corrected chi connectivity index (χ3v) is 5.28. The molecule has 0 spiro atoms. The zero-order chi connectivity index (χ0) is 15.3. The van der Waals surface area contributed by atoms with Crippen LogP contribution in [0.25, 0.3) is 0 Å². The maximum absolute atomic E-state index is 10.4. The molecule has 116 valence electrons. The van der Waals surface area contributed by atoms with Gasteiger partial charge in [0.2, 0.25) is 0 Å². The SMILES string of the molecule is OCC(CC1CCCCC1)(c1ccccc1)c1ccccc1. The molecule has 0 heterocycles. The van der Waals surface area contributed by atoms with E-state index in [1.54, 1.807) is 0 Å². The molecule has 1 aliphatic rings. The molecule has 0 aromatic heterocycles. The van der Waals surface area contributed by atoms with Gasteiger partial charge in [0.15, 0.2) is 0 Å². The van der Waals surface area contributed by atoms with Crippen molar-refractivity contribution in [2.75, 3.05) is 6.61 Å². The third kappa shape index (κ3) is 3.10. The van der Waals surface area contributed by atoms with Crippen molar-refractivity contribution in [3.05, 3.63) is 71.8 Å². The lowest BCUT2D eigenvalue weighted by Gasteiger charge is -2.37. The highest BCUT2D eigenvalue weighted by Crippen LogP contribution is 2.41. The predicted molar refractivity (Wildman–Crippen MR) is 91.9 cm³/mol. The number of rotatable bonds is 5. The molecule has 0 atom stereocenters. The second-order valence-corrected chi connectivity index (χ2v) is 6.68. The maximum Gasteiger partial charge on any atom is 0.0568 e. The minimum atomic E-state index is -0.259. The van der Waals surface area contributed by atoms with Gasteiger partial charge in [-0.05, 0) is 23.5 Å². The average Bonchev–Trinajstić information content (AvgIpc) is 2.62. The monoisotopic (exact) mass is 294 g/mol. The zero-order valence-corrected chi connectivity index (χ0v) is 13.2. The molecular formula is C21H26O. The van der Waals surface area contributed by atoms with E-state index in [4.69, 9.17) is 0 Å². The summed E-state index contributed by atoms with van der Waals surface area (Å²) in [6, 6.07) is 21.1. The number of hydrogen-bond donors (Lipinski definition) is 1. The van der Waals surface area contributed by atoms with Gasteiger partial charge < -0.3 is 5.11 Å². The lowest BCUT2D eigenvalue weighted by atomic mass is 9.67. The van der Waals surface area contributed by atoms with Gasteiger partial charge in [0.25, 0.3) is 0 Å². The van der Waals surface area contributed by atoms with Crippen molar-refractivity contribution < 1.29 is 5.11 Å². The van der Waals surface area contributed by atoms with Crippen molar-refractivity contribution in [3.8, 4) is 0 Å². The van der Waals surface area contributed by atoms with Gasteiger partial charge in [-0.15, -0.1) is 0 Å². The summed E-state index contributed by atoms with van der Waals surface area (Å²) in [6.45, 7) is 0.178. The van der Waals surface area contributed by atoms with E-state index in [0.717, 1.165) is 12.3 Å². The predicted octanol–water partition coefficient (Wildman–Crippen LogP) is 4.94. The molecule has 0 saturated heterocycles. The summed E-state index contributed by atoms with van der Waals surface area (Å²) in [7, 11) is 0. The summed E-state index contributed by atoms with van der Waals surface area (Å²) in [5, 5.41) is 10.4. The summed E-state index contributed by atoms with van der Waals surface area (Å²) in [5.74, 6) is 0.723. The fourth-order valence-electron chi connectivity index (χ4n) is 4.05. The molecule has 0 radical (unpaired) electrons. The Labute approximate surface area is 134 Å². The molecule has 1 heteroatoms. The van der Waals surface area contributed by atoms with Crippen LogP contribution in [0.1, 0.15) is 49.7 Å². The van der Waals surface area contributed by atoms with Crippen molar-refractivity contribution in [3.63, 3.8) is 0 Å². The van der Waals surface area contributed by atoms with Crippen molar-refractivity contribution in [1.29, 1.82) is 0 Å². The zero-order valence-electron chi connectivity index (χ0n) is 13.2. The minimum absolute atomic E-state index is 0.178. The quantitative estimate of drug-likeness (QED) is 0.828. The number of aliphatic hydroxyl groups is 1. The van der Waals surface area contributed by atoms with Crippen LogP contribution >= 0.6 is 0 Å². The number of aliphatic hydroxyl groups excluding tert-OH is 1. The van der Waals surface area contributed by atoms with Crippen molar-refractivity contribution in [2.45, 2.75) is 43.9 Å². The maximum atomic E-state index is 10.4. The highest BCUT2D eigenvalue weighted by atomic mass is 16.3. The van der Waals surface area contributed by atoms with E-state index in [0.29, 0.717) is 0 Å². The van der Waals surface area contributed by atoms with Gasteiger partial charge in [-0.1, -0.05) is 92.8 Å². The molecule has 1 saturated carbocycles. The van der Waals surface area contributed by atoms with Crippen LogP contribution in [0.3, 0.4) is 0 Å². The Balaban J connectivity index is 2.00. The standard InChI is InChI=1S/C21H26O/c22-17-21(19-12-6-2-7-13-19,20-14-8-3-9-15-20)16-18-10-4-1-5-11-18/h2-3,6-9,12-15,18,22H,1,4-5,10-11,16-17H2. The molecule has 2 aromatic rings. The lowest BCUT2D eigenvalue weighted by molar-refractivity contribution is 0.178. The van der Waals surface area contributed by atoms with Gasteiger partial charge in [-0.25, -0.2) is 0 Å². The highest BCUT2D eigenvalue weighted by Gasteiger charge is 2.36. The molecule has 0 bridgehead atoms. The van der Waals surface area contributed by atoms with E-state index >= 15 is 0 Å². The molecule has 0 amide bonds. The Morgan fingerprint density at radius 1 is 0.773 bits per heavy atom. The molecule has 1 N–H and O–H groups in total. The Morgan fingerprint density at radius 2 is 1.27 bits per heavy atom. The third-order valence-electron chi connectivity index (χ3n) is 5.28. The summed E-state index contributed by atoms with van der Waals surface area (Å²) >= 11 is 0. The van der Waals surface area contributed by atoms with Crippen LogP contribution < -0.4 is 0 Å². The van der Waals surface area contributed by atoms with Crippen LogP contribution in [-0.2, 0) is 5.41 Å². The van der Waals surface area contributed by atoms with Crippen LogP contribution in [-0.4, -0.2) is 11.7 Å². The second-order valence-electron chi connectivity index (χ2n) is 6.68. The van der Waals surface area contributed by atoms with E-state index < -0.39 is 0 Å². The van der Waals surface area contributed by atoms with Gasteiger partial charge in [-0.3, -0.25) is 0 Å². The number of hydrogen-bond acceptors (Lipinski definition) is 1. The molecular weight excluding hydrogens is 268 g/mol. The van der Waals surface area contributed by atoms with Gasteiger partial charge in [0.1, 0.15) is 0 Å². The molecule has 3 rings (SSSR count). The second kappa shape index (κ2) is 7.11. The largest absolute Gasteiger partial charge is 0.395 e. The first kappa shape index (κ1) is 15.3. The topological polar surface area (TPSA) is 20.2 Å². The lowest BCUT2D eigenvalue weighted by Crippen LogP contribution is -2.35. The van der Waals surface area contributed by atoms with E-state index in [9.17, 15) is 5.11 Å². The van der Waals surface area contributed by atoms with Crippen LogP contribution in [0.15, 0.2) is 60.7 Å². The van der Waals surface area contributed by atoms with Crippen LogP contribution in [0.5, 0.6) is 0 Å². The van der Waals surface area contributed by atoms with Crippen LogP contribution in [0.2, 0.25) is 0 Å². The molecule has 2 aromatic carbocycles. The fraction of sp³-hybridized carbons (Fsp3) is 0.429. The van der Waals surface area contributed by atoms with E-state index in [1.165, 1.54) is 43.2 Å². The Morgan fingerprint density at radius 3 is 1.73 bits per heavy atom. The van der Waals surface area contributed by atoms with Crippen molar-refractivity contribution >= 4 is 0 Å². The van der Waals surface area contributed by atoms with Crippen molar-refractivity contribution in [2.24, 2.45) is 5.92 Å². The number of benzene rings is 2. The van der Waals surface area contributed by atoms with E-state index in [-0.39, 0.29) is 12.0 Å². The van der Waals surface area contributed by atoms with Crippen molar-refractivity contribution in [1.82, 2.24) is 0 Å². The van der Waals surface area contributed by atoms with Gasteiger partial charge in [0, 0.05) is 5.41 Å². The smallest absolute Gasteiger partial charge is 0.0568 e. The van der Waals surface area contributed by atoms with Gasteiger partial charge >= 0.3 is 0 Å². The first-order chi connectivity index (χ1) is 10.8. The summed E-state index contributed by atoms with van der Waals surface area (Å²) in [5.41, 5.74) is 2.23. The Hall–Kier alpha value is -1.60. The van der Waals surface area contributed by atoms with Gasteiger partial charge in [-0.2, -0.15) is 0 Å². The van der Waals surface area contributed by atoms with Gasteiger partial charge in [0.05, 0.1) is 6.61 Å². The van der Waals surface area contributed by atoms with E-state index in [2.05, 4.69) is 60.7 Å². The fourth-order valence-corrected chi connectivity index (χ4v) is 4.05. The molecule has 1 aliphatic carbocycles. The molecule has 1 nitrogen and oxygen atoms in total. The normalized spacial score (nSPS) is 16.6. The van der Waals surface area contributed by atoms with Crippen LogP contribution in [0, 0.1) is 5.92 Å². The van der Waals surface area contributed by atoms with E-state index in [1.807, 2.05) is 0 Å².